The van der Waals surface area contributed by atoms with Crippen LogP contribution in [0.15, 0.2) is 24.4 Å². The Morgan fingerprint density at radius 1 is 1.37 bits per heavy atom. The van der Waals surface area contributed by atoms with Crippen LogP contribution in [-0.2, 0) is 12.4 Å². The lowest BCUT2D eigenvalue weighted by molar-refractivity contribution is 0.780. The Bertz CT molecular complexity index is 733. The van der Waals surface area contributed by atoms with Crippen LogP contribution in [0.2, 0.25) is 5.02 Å². The first-order valence-corrected chi connectivity index (χ1v) is 7.52. The van der Waals surface area contributed by atoms with Crippen LogP contribution in [0.4, 0.5) is 0 Å². The Hall–Kier alpha value is -1.10. The maximum atomic E-state index is 5.97. The van der Waals surface area contributed by atoms with Gasteiger partial charge in [-0.15, -0.1) is 22.9 Å². The van der Waals surface area contributed by atoms with Crippen molar-refractivity contribution in [1.29, 1.82) is 0 Å². The summed E-state index contributed by atoms with van der Waals surface area (Å²) in [5.41, 5.74) is 1.61. The number of nitrogens with zero attached hydrogens (tertiary/aromatic N) is 3. The number of fused-ring (bicyclic) bond motifs is 1. The molecule has 0 aliphatic rings. The molecule has 19 heavy (non-hydrogen) atoms. The van der Waals surface area contributed by atoms with Crippen molar-refractivity contribution in [1.82, 2.24) is 14.5 Å². The van der Waals surface area contributed by atoms with Crippen molar-refractivity contribution in [2.75, 3.05) is 0 Å². The molecule has 3 rings (SSSR count). The summed E-state index contributed by atoms with van der Waals surface area (Å²) in [6.07, 6.45) is 1.64. The first kappa shape index (κ1) is 12.9. The first-order valence-electron chi connectivity index (χ1n) is 5.79. The zero-order chi connectivity index (χ0) is 13.4. The molecule has 0 amide bonds. The number of hydrogen-bond acceptors (Lipinski definition) is 3. The number of aromatic nitrogens is 3. The predicted octanol–water partition coefficient (Wildman–Crippen LogP) is 4.24. The van der Waals surface area contributed by atoms with Crippen molar-refractivity contribution in [3.8, 4) is 0 Å². The minimum Gasteiger partial charge on any atom is -0.306 e. The van der Waals surface area contributed by atoms with E-state index < -0.39 is 0 Å². The van der Waals surface area contributed by atoms with Crippen molar-refractivity contribution in [2.24, 2.45) is 0 Å². The monoisotopic (exact) mass is 311 g/mol. The number of halogens is 2. The van der Waals surface area contributed by atoms with Crippen molar-refractivity contribution in [2.45, 2.75) is 19.3 Å². The first-order chi connectivity index (χ1) is 9.17. The number of aryl methyl sites for hydroxylation is 1. The SMILES string of the molecule is Cc1ccc(Cn2c(CCl)nc3cc(Cl)cnc32)s1. The zero-order valence-electron chi connectivity index (χ0n) is 10.2. The maximum Gasteiger partial charge on any atom is 0.160 e. The molecule has 0 bridgehead atoms. The molecule has 0 unspecified atom stereocenters. The Kier molecular flexibility index (Phi) is 3.48. The Morgan fingerprint density at radius 2 is 2.21 bits per heavy atom. The molecule has 0 radical (unpaired) electrons. The minimum atomic E-state index is 0.359. The summed E-state index contributed by atoms with van der Waals surface area (Å²) in [6.45, 7) is 2.84. The minimum absolute atomic E-state index is 0.359. The van der Waals surface area contributed by atoms with Crippen molar-refractivity contribution < 1.29 is 0 Å². The second kappa shape index (κ2) is 5.12. The number of hydrogen-bond donors (Lipinski definition) is 0. The van der Waals surface area contributed by atoms with Crippen molar-refractivity contribution in [3.63, 3.8) is 0 Å². The normalized spacial score (nSPS) is 11.3. The van der Waals surface area contributed by atoms with Gasteiger partial charge in [0, 0.05) is 16.0 Å². The van der Waals surface area contributed by atoms with Crippen LogP contribution in [-0.4, -0.2) is 14.5 Å². The predicted molar refractivity (Wildman–Crippen MR) is 80.3 cm³/mol. The largest absolute Gasteiger partial charge is 0.306 e. The average molecular weight is 312 g/mol. The quantitative estimate of drug-likeness (QED) is 0.677. The topological polar surface area (TPSA) is 30.7 Å². The molecule has 98 valence electrons. The number of alkyl halides is 1. The van der Waals surface area contributed by atoms with Gasteiger partial charge < -0.3 is 4.57 Å². The van der Waals surface area contributed by atoms with Gasteiger partial charge in [-0.1, -0.05) is 11.6 Å². The smallest absolute Gasteiger partial charge is 0.160 e. The number of thiophene rings is 1. The molecular formula is C13H11Cl2N3S. The van der Waals surface area contributed by atoms with E-state index in [4.69, 9.17) is 23.2 Å². The van der Waals surface area contributed by atoms with Crippen molar-refractivity contribution >= 4 is 45.7 Å². The van der Waals surface area contributed by atoms with E-state index >= 15 is 0 Å². The van der Waals surface area contributed by atoms with E-state index in [2.05, 4.69) is 29.0 Å². The summed E-state index contributed by atoms with van der Waals surface area (Å²) in [5.74, 6) is 1.18. The molecular weight excluding hydrogens is 301 g/mol. The number of pyridine rings is 1. The molecule has 0 atom stereocenters. The molecule has 3 heterocycles. The van der Waals surface area contributed by atoms with Gasteiger partial charge in [0.25, 0.3) is 0 Å². The van der Waals surface area contributed by atoms with E-state index in [-0.39, 0.29) is 0 Å². The molecule has 3 aromatic heterocycles. The van der Waals surface area contributed by atoms with Crippen LogP contribution >= 0.6 is 34.5 Å². The fourth-order valence-electron chi connectivity index (χ4n) is 2.03. The highest BCUT2D eigenvalue weighted by atomic mass is 35.5. The molecule has 0 aromatic carbocycles. The fourth-order valence-corrected chi connectivity index (χ4v) is 3.26. The molecule has 6 heteroatoms. The van der Waals surface area contributed by atoms with Gasteiger partial charge in [-0.2, -0.15) is 0 Å². The van der Waals surface area contributed by atoms with E-state index in [0.29, 0.717) is 10.9 Å². The Morgan fingerprint density at radius 3 is 2.89 bits per heavy atom. The molecule has 0 spiro atoms. The maximum absolute atomic E-state index is 5.97. The molecule has 0 saturated carbocycles. The summed E-state index contributed by atoms with van der Waals surface area (Å²) in [5, 5.41) is 0.588. The summed E-state index contributed by atoms with van der Waals surface area (Å²) in [4.78, 5) is 11.4. The molecule has 0 fully saturated rings. The van der Waals surface area contributed by atoms with E-state index in [0.717, 1.165) is 23.5 Å². The number of rotatable bonds is 3. The highest BCUT2D eigenvalue weighted by Crippen LogP contribution is 2.23. The van der Waals surface area contributed by atoms with Crippen LogP contribution in [0.25, 0.3) is 11.2 Å². The van der Waals surface area contributed by atoms with Gasteiger partial charge in [0.2, 0.25) is 0 Å². The standard InChI is InChI=1S/C13H11Cl2N3S/c1-8-2-3-10(19-8)7-18-12(5-14)17-11-4-9(15)6-16-13(11)18/h2-4,6H,5,7H2,1H3. The Labute approximate surface area is 124 Å². The van der Waals surface area contributed by atoms with Crippen LogP contribution in [0.1, 0.15) is 15.6 Å². The lowest BCUT2D eigenvalue weighted by atomic mass is 10.4. The molecule has 3 aromatic rings. The summed E-state index contributed by atoms with van der Waals surface area (Å²) in [6, 6.07) is 6.06. The van der Waals surface area contributed by atoms with Gasteiger partial charge in [-0.25, -0.2) is 9.97 Å². The van der Waals surface area contributed by atoms with Gasteiger partial charge in [0.1, 0.15) is 11.3 Å². The highest BCUT2D eigenvalue weighted by molar-refractivity contribution is 7.11. The molecule has 0 aliphatic heterocycles. The van der Waals surface area contributed by atoms with E-state index in [9.17, 15) is 0 Å². The molecule has 0 N–H and O–H groups in total. The second-order valence-electron chi connectivity index (χ2n) is 4.26. The highest BCUT2D eigenvalue weighted by Gasteiger charge is 2.12. The van der Waals surface area contributed by atoms with E-state index in [1.54, 1.807) is 17.5 Å². The average Bonchev–Trinajstić information content (AvgIpc) is 2.94. The zero-order valence-corrected chi connectivity index (χ0v) is 12.6. The van der Waals surface area contributed by atoms with Crippen LogP contribution in [0, 0.1) is 6.92 Å². The molecule has 0 aliphatic carbocycles. The lowest BCUT2D eigenvalue weighted by Gasteiger charge is -2.05. The second-order valence-corrected chi connectivity index (χ2v) is 6.33. The third kappa shape index (κ3) is 2.48. The Balaban J connectivity index is 2.10. The van der Waals surface area contributed by atoms with Crippen molar-refractivity contribution in [3.05, 3.63) is 45.0 Å². The molecule has 3 nitrogen and oxygen atoms in total. The van der Waals surface area contributed by atoms with Gasteiger partial charge >= 0.3 is 0 Å². The van der Waals surface area contributed by atoms with E-state index in [1.807, 2.05) is 10.6 Å². The molecule has 0 saturated heterocycles. The summed E-state index contributed by atoms with van der Waals surface area (Å²) in [7, 11) is 0. The third-order valence-corrected chi connectivity index (χ3v) is 4.29. The van der Waals surface area contributed by atoms with Crippen LogP contribution in [0.3, 0.4) is 0 Å². The van der Waals surface area contributed by atoms with Gasteiger partial charge in [0.05, 0.1) is 17.4 Å². The number of imidazole rings is 1. The van der Waals surface area contributed by atoms with Crippen LogP contribution < -0.4 is 0 Å². The summed E-state index contributed by atoms with van der Waals surface area (Å²) >= 11 is 13.7. The van der Waals surface area contributed by atoms with Gasteiger partial charge in [-0.05, 0) is 25.1 Å². The van der Waals surface area contributed by atoms with Crippen LogP contribution in [0.5, 0.6) is 0 Å². The fraction of sp³-hybridized carbons (Fsp3) is 0.231. The lowest BCUT2D eigenvalue weighted by Crippen LogP contribution is -2.03. The summed E-state index contributed by atoms with van der Waals surface area (Å²) < 4.78 is 2.05. The van der Waals surface area contributed by atoms with Gasteiger partial charge in [-0.3, -0.25) is 0 Å². The third-order valence-electron chi connectivity index (χ3n) is 2.86. The van der Waals surface area contributed by atoms with E-state index in [1.165, 1.54) is 9.75 Å². The van der Waals surface area contributed by atoms with Gasteiger partial charge in [0.15, 0.2) is 5.65 Å².